The van der Waals surface area contributed by atoms with Gasteiger partial charge in [-0.15, -0.1) is 0 Å². The molecular weight excluding hydrogens is 344 g/mol. The minimum Gasteiger partial charge on any atom is -0.494 e. The molecule has 0 radical (unpaired) electrons. The molecule has 2 unspecified atom stereocenters. The number of aromatic hydroxyl groups is 1. The van der Waals surface area contributed by atoms with Gasteiger partial charge < -0.3 is 10.8 Å². The molecule has 2 atom stereocenters. The molecule has 1 aromatic carbocycles. The van der Waals surface area contributed by atoms with Gasteiger partial charge in [0, 0.05) is 12.6 Å². The molecule has 1 saturated carbocycles. The second-order valence-corrected chi connectivity index (χ2v) is 7.15. The Kier molecular flexibility index (Phi) is 5.48. The lowest BCUT2D eigenvalue weighted by atomic mass is 9.97. The number of benzene rings is 1. The normalized spacial score (nSPS) is 19.3. The van der Waals surface area contributed by atoms with Crippen molar-refractivity contribution in [3.8, 4) is 5.88 Å². The summed E-state index contributed by atoms with van der Waals surface area (Å²) in [6.07, 6.45) is 3.77. The van der Waals surface area contributed by atoms with Crippen molar-refractivity contribution >= 4 is 5.84 Å². The van der Waals surface area contributed by atoms with E-state index in [1.165, 1.54) is 14.7 Å². The van der Waals surface area contributed by atoms with Crippen LogP contribution in [0, 0.1) is 5.41 Å². The van der Waals surface area contributed by atoms with Crippen LogP contribution in [-0.2, 0) is 6.54 Å². The van der Waals surface area contributed by atoms with Crippen LogP contribution in [0.25, 0.3) is 0 Å². The molecule has 1 fully saturated rings. The number of hydrogen-bond donors (Lipinski definition) is 3. The summed E-state index contributed by atoms with van der Waals surface area (Å²) in [6.45, 7) is 2.27. The third-order valence-corrected chi connectivity index (χ3v) is 5.39. The van der Waals surface area contributed by atoms with Crippen LogP contribution in [0.3, 0.4) is 0 Å². The second-order valence-electron chi connectivity index (χ2n) is 7.15. The van der Waals surface area contributed by atoms with Gasteiger partial charge in [0.1, 0.15) is 11.4 Å². The molecule has 144 valence electrons. The van der Waals surface area contributed by atoms with Gasteiger partial charge in [-0.25, -0.2) is 4.79 Å². The summed E-state index contributed by atoms with van der Waals surface area (Å²) < 4.78 is 2.38. The van der Waals surface area contributed by atoms with Gasteiger partial charge in [0.05, 0.1) is 0 Å². The fraction of sp³-hybridized carbons (Fsp3) is 0.450. The Morgan fingerprint density at radius 2 is 1.96 bits per heavy atom. The van der Waals surface area contributed by atoms with Crippen LogP contribution in [0.4, 0.5) is 0 Å². The van der Waals surface area contributed by atoms with Crippen molar-refractivity contribution in [3.05, 3.63) is 62.3 Å². The van der Waals surface area contributed by atoms with E-state index in [4.69, 9.17) is 11.1 Å². The first-order chi connectivity index (χ1) is 13.0. The monoisotopic (exact) mass is 370 g/mol. The van der Waals surface area contributed by atoms with Gasteiger partial charge in [-0.3, -0.25) is 19.3 Å². The molecule has 0 saturated heterocycles. The van der Waals surface area contributed by atoms with Gasteiger partial charge in [0.2, 0.25) is 5.88 Å². The van der Waals surface area contributed by atoms with Crippen molar-refractivity contribution in [3.63, 3.8) is 0 Å². The van der Waals surface area contributed by atoms with Gasteiger partial charge >= 0.3 is 5.69 Å². The van der Waals surface area contributed by atoms with E-state index in [2.05, 4.69) is 12.1 Å². The van der Waals surface area contributed by atoms with Crippen molar-refractivity contribution in [1.29, 1.82) is 5.41 Å². The van der Waals surface area contributed by atoms with Crippen LogP contribution in [0.15, 0.2) is 39.9 Å². The van der Waals surface area contributed by atoms with Gasteiger partial charge in [0.15, 0.2) is 0 Å². The number of hydrogen-bond acceptors (Lipinski definition) is 4. The average molecular weight is 370 g/mol. The minimum absolute atomic E-state index is 0.262. The summed E-state index contributed by atoms with van der Waals surface area (Å²) in [5.74, 6) is -0.741. The number of unbranched alkanes of at least 4 members (excludes halogenated alkanes) is 1. The Morgan fingerprint density at radius 3 is 2.59 bits per heavy atom. The van der Waals surface area contributed by atoms with Crippen molar-refractivity contribution in [2.24, 2.45) is 5.73 Å². The van der Waals surface area contributed by atoms with E-state index >= 15 is 0 Å². The number of nitrogen functional groups attached to an aromatic ring is 1. The maximum absolute atomic E-state index is 13.0. The quantitative estimate of drug-likeness (QED) is 0.535. The molecule has 0 aliphatic heterocycles. The molecule has 0 bridgehead atoms. The van der Waals surface area contributed by atoms with Crippen LogP contribution in [0.1, 0.15) is 62.1 Å². The molecule has 1 aliphatic rings. The number of rotatable bonds is 6. The Labute approximate surface area is 157 Å². The number of nitrogens with two attached hydrogens (primary N) is 1. The van der Waals surface area contributed by atoms with E-state index in [0.29, 0.717) is 19.3 Å². The number of nitrogens with one attached hydrogen (secondary N) is 1. The highest BCUT2D eigenvalue weighted by Crippen LogP contribution is 2.39. The molecule has 0 spiro atoms. The lowest BCUT2D eigenvalue weighted by Gasteiger charge is -2.19. The Morgan fingerprint density at radius 1 is 1.26 bits per heavy atom. The molecule has 27 heavy (non-hydrogen) atoms. The third kappa shape index (κ3) is 3.54. The maximum Gasteiger partial charge on any atom is 0.334 e. The van der Waals surface area contributed by atoms with Crippen LogP contribution in [0.2, 0.25) is 0 Å². The highest BCUT2D eigenvalue weighted by molar-refractivity contribution is 5.96. The molecule has 7 nitrogen and oxygen atoms in total. The van der Waals surface area contributed by atoms with E-state index < -0.39 is 23.0 Å². The highest BCUT2D eigenvalue weighted by atomic mass is 16.3. The average Bonchev–Trinajstić information content (AvgIpc) is 3.11. The van der Waals surface area contributed by atoms with Crippen molar-refractivity contribution in [2.45, 2.75) is 57.5 Å². The molecule has 4 N–H and O–H groups in total. The number of nitrogens with zero attached hydrogens (tertiary/aromatic N) is 2. The first-order valence-electron chi connectivity index (χ1n) is 9.43. The molecule has 1 aliphatic carbocycles. The van der Waals surface area contributed by atoms with E-state index in [-0.39, 0.29) is 24.1 Å². The zero-order chi connectivity index (χ0) is 19.6. The van der Waals surface area contributed by atoms with E-state index in [0.717, 1.165) is 12.8 Å². The minimum atomic E-state index is -0.670. The molecular formula is C20H26N4O3. The zero-order valence-electron chi connectivity index (χ0n) is 15.5. The van der Waals surface area contributed by atoms with Crippen molar-refractivity contribution in [2.75, 3.05) is 0 Å². The summed E-state index contributed by atoms with van der Waals surface area (Å²) >= 11 is 0. The first-order valence-corrected chi connectivity index (χ1v) is 9.43. The van der Waals surface area contributed by atoms with Crippen LogP contribution < -0.4 is 17.0 Å². The predicted molar refractivity (Wildman–Crippen MR) is 105 cm³/mol. The van der Waals surface area contributed by atoms with Crippen LogP contribution in [0.5, 0.6) is 5.88 Å². The largest absolute Gasteiger partial charge is 0.494 e. The van der Waals surface area contributed by atoms with E-state index in [9.17, 15) is 14.7 Å². The van der Waals surface area contributed by atoms with E-state index in [1.54, 1.807) is 0 Å². The summed E-state index contributed by atoms with van der Waals surface area (Å²) in [6, 6.07) is 9.80. The summed E-state index contributed by atoms with van der Waals surface area (Å²) in [5, 5.41) is 18.1. The van der Waals surface area contributed by atoms with E-state index in [1.807, 2.05) is 25.1 Å². The van der Waals surface area contributed by atoms with Gasteiger partial charge in [-0.2, -0.15) is 0 Å². The predicted octanol–water partition coefficient (Wildman–Crippen LogP) is 2.31. The fourth-order valence-electron chi connectivity index (χ4n) is 3.95. The standard InChI is InChI=1S/C20H26N4O3/c1-2-3-11-23-18(25)16(17(21)22)19(26)24(20(23)27)15-10-9-14(12-15)13-7-5-4-6-8-13/h4-8,14-15,25H,2-3,9-12H2,1H3,(H3,21,22). The molecule has 0 amide bonds. The lowest BCUT2D eigenvalue weighted by Crippen LogP contribution is -2.45. The zero-order valence-corrected chi connectivity index (χ0v) is 15.5. The summed E-state index contributed by atoms with van der Waals surface area (Å²) in [5.41, 5.74) is 5.27. The summed E-state index contributed by atoms with van der Waals surface area (Å²) in [4.78, 5) is 25.9. The first kappa shape index (κ1) is 18.9. The topological polar surface area (TPSA) is 114 Å². The third-order valence-electron chi connectivity index (χ3n) is 5.39. The Hall–Kier alpha value is -2.83. The van der Waals surface area contributed by atoms with Crippen LogP contribution >= 0.6 is 0 Å². The van der Waals surface area contributed by atoms with Gasteiger partial charge in [-0.05, 0) is 37.2 Å². The molecule has 1 aromatic heterocycles. The molecule has 3 rings (SSSR count). The molecule has 7 heteroatoms. The van der Waals surface area contributed by atoms with Gasteiger partial charge in [-0.1, -0.05) is 43.7 Å². The fourth-order valence-corrected chi connectivity index (χ4v) is 3.95. The maximum atomic E-state index is 13.0. The SMILES string of the molecule is CCCCn1c(O)c(C(=N)N)c(=O)n(C2CCC(c3ccccc3)C2)c1=O. The Balaban J connectivity index is 2.05. The van der Waals surface area contributed by atoms with Crippen molar-refractivity contribution in [1.82, 2.24) is 9.13 Å². The lowest BCUT2D eigenvalue weighted by molar-refractivity contribution is 0.367. The Bertz CT molecular complexity index is 946. The summed E-state index contributed by atoms with van der Waals surface area (Å²) in [7, 11) is 0. The number of amidine groups is 1. The van der Waals surface area contributed by atoms with Gasteiger partial charge in [0.25, 0.3) is 5.56 Å². The van der Waals surface area contributed by atoms with Crippen molar-refractivity contribution < 1.29 is 5.11 Å². The van der Waals surface area contributed by atoms with Crippen LogP contribution in [-0.4, -0.2) is 20.1 Å². The number of aromatic nitrogens is 2. The molecule has 1 heterocycles. The second kappa shape index (κ2) is 7.82. The smallest absolute Gasteiger partial charge is 0.334 e. The molecule has 2 aromatic rings. The highest BCUT2D eigenvalue weighted by Gasteiger charge is 2.31.